The van der Waals surface area contributed by atoms with Gasteiger partial charge in [-0.3, -0.25) is 9.89 Å². The van der Waals surface area contributed by atoms with Crippen molar-refractivity contribution in [1.82, 2.24) is 30.4 Å². The molecule has 8 heteroatoms. The monoisotopic (exact) mass is 292 g/mol. The second kappa shape index (κ2) is 5.63. The van der Waals surface area contributed by atoms with Crippen LogP contribution in [0.4, 0.5) is 0 Å². The number of aromatic nitrogens is 6. The van der Waals surface area contributed by atoms with Crippen LogP contribution in [0.15, 0.2) is 6.20 Å². The topological polar surface area (TPSA) is 110 Å². The summed E-state index contributed by atoms with van der Waals surface area (Å²) < 4.78 is 1.59. The molecule has 1 atom stereocenters. The second-order valence-corrected chi connectivity index (χ2v) is 6.37. The molecule has 0 aromatic carbocycles. The van der Waals surface area contributed by atoms with E-state index in [9.17, 15) is 4.79 Å². The largest absolute Gasteiger partial charge is 0.481 e. The van der Waals surface area contributed by atoms with Crippen molar-refractivity contribution in [3.8, 4) is 11.4 Å². The van der Waals surface area contributed by atoms with Gasteiger partial charge in [0.15, 0.2) is 5.82 Å². The van der Waals surface area contributed by atoms with Crippen molar-refractivity contribution >= 4 is 5.97 Å². The lowest BCUT2D eigenvalue weighted by Crippen LogP contribution is -2.22. The molecule has 0 saturated carbocycles. The molecule has 2 heterocycles. The summed E-state index contributed by atoms with van der Waals surface area (Å²) >= 11 is 0. The fourth-order valence-electron chi connectivity index (χ4n) is 2.35. The first kappa shape index (κ1) is 15.1. The van der Waals surface area contributed by atoms with Gasteiger partial charge in [-0.25, -0.2) is 4.68 Å². The number of nitrogens with zero attached hydrogens (tertiary/aromatic N) is 5. The van der Waals surface area contributed by atoms with Gasteiger partial charge in [-0.05, 0) is 29.2 Å². The summed E-state index contributed by atoms with van der Waals surface area (Å²) in [5, 5.41) is 27.7. The van der Waals surface area contributed by atoms with Crippen molar-refractivity contribution in [1.29, 1.82) is 0 Å². The van der Waals surface area contributed by atoms with Crippen molar-refractivity contribution in [2.45, 2.75) is 46.6 Å². The Morgan fingerprint density at radius 1 is 1.48 bits per heavy atom. The fraction of sp³-hybridized carbons (Fsp3) is 0.615. The molecule has 0 saturated heterocycles. The number of aromatic amines is 1. The number of hydrogen-bond acceptors (Lipinski definition) is 5. The first-order valence-corrected chi connectivity index (χ1v) is 6.78. The van der Waals surface area contributed by atoms with E-state index < -0.39 is 5.97 Å². The molecule has 0 spiro atoms. The molecular weight excluding hydrogens is 272 g/mol. The Morgan fingerprint density at radius 3 is 2.71 bits per heavy atom. The van der Waals surface area contributed by atoms with E-state index in [2.05, 4.69) is 46.5 Å². The molecule has 2 rings (SSSR count). The maximum Gasteiger partial charge on any atom is 0.305 e. The Morgan fingerprint density at radius 2 is 2.19 bits per heavy atom. The fourth-order valence-corrected chi connectivity index (χ4v) is 2.35. The van der Waals surface area contributed by atoms with E-state index in [0.717, 1.165) is 11.3 Å². The average molecular weight is 292 g/mol. The lowest BCUT2D eigenvalue weighted by Gasteiger charge is -2.25. The van der Waals surface area contributed by atoms with Crippen LogP contribution in [0, 0.1) is 12.3 Å². The minimum Gasteiger partial charge on any atom is -0.481 e. The van der Waals surface area contributed by atoms with Gasteiger partial charge in [0.25, 0.3) is 0 Å². The summed E-state index contributed by atoms with van der Waals surface area (Å²) in [5.41, 5.74) is 1.59. The molecule has 2 aromatic rings. The molecule has 0 aliphatic rings. The summed E-state index contributed by atoms with van der Waals surface area (Å²) in [7, 11) is 0. The number of carboxylic acids is 1. The number of rotatable bonds is 5. The van der Waals surface area contributed by atoms with E-state index in [1.54, 1.807) is 10.9 Å². The van der Waals surface area contributed by atoms with Crippen molar-refractivity contribution in [3.63, 3.8) is 0 Å². The SMILES string of the molecule is Cc1[nH]ncc1-c1nnnn1C(CC(=O)O)CC(C)(C)C. The van der Waals surface area contributed by atoms with Gasteiger partial charge in [0.2, 0.25) is 0 Å². The Kier molecular flexibility index (Phi) is 4.06. The summed E-state index contributed by atoms with van der Waals surface area (Å²) in [6.45, 7) is 8.07. The van der Waals surface area contributed by atoms with E-state index in [0.29, 0.717) is 12.2 Å². The van der Waals surface area contributed by atoms with Crippen molar-refractivity contribution in [2.75, 3.05) is 0 Å². The van der Waals surface area contributed by atoms with Crippen molar-refractivity contribution in [2.24, 2.45) is 5.41 Å². The third-order valence-corrected chi connectivity index (χ3v) is 3.17. The number of carbonyl (C=O) groups is 1. The maximum absolute atomic E-state index is 11.2. The molecule has 2 aromatic heterocycles. The predicted molar refractivity (Wildman–Crippen MR) is 75.5 cm³/mol. The lowest BCUT2D eigenvalue weighted by molar-refractivity contribution is -0.138. The van der Waals surface area contributed by atoms with Gasteiger partial charge in [-0.2, -0.15) is 5.10 Å². The number of aryl methyl sites for hydroxylation is 1. The van der Waals surface area contributed by atoms with Crippen LogP contribution in [0.25, 0.3) is 11.4 Å². The molecule has 21 heavy (non-hydrogen) atoms. The van der Waals surface area contributed by atoms with E-state index >= 15 is 0 Å². The zero-order valence-electron chi connectivity index (χ0n) is 12.7. The average Bonchev–Trinajstić information content (AvgIpc) is 2.93. The van der Waals surface area contributed by atoms with E-state index in [-0.39, 0.29) is 17.9 Å². The van der Waals surface area contributed by atoms with Gasteiger partial charge in [0.1, 0.15) is 0 Å². The minimum absolute atomic E-state index is 0.0216. The third-order valence-electron chi connectivity index (χ3n) is 3.17. The standard InChI is InChI=1S/C13H20N6O2/c1-8-10(7-14-15-8)12-16-17-18-19(12)9(5-11(20)21)6-13(2,3)4/h7,9H,5-6H2,1-4H3,(H,14,15)(H,20,21). The highest BCUT2D eigenvalue weighted by atomic mass is 16.4. The van der Waals surface area contributed by atoms with Crippen LogP contribution >= 0.6 is 0 Å². The number of nitrogens with one attached hydrogen (secondary N) is 1. The molecule has 0 aliphatic heterocycles. The third kappa shape index (κ3) is 3.65. The normalized spacial score (nSPS) is 13.3. The van der Waals surface area contributed by atoms with E-state index in [4.69, 9.17) is 5.11 Å². The minimum atomic E-state index is -0.866. The molecule has 0 aliphatic carbocycles. The van der Waals surface area contributed by atoms with E-state index in [1.165, 1.54) is 0 Å². The smallest absolute Gasteiger partial charge is 0.305 e. The van der Waals surface area contributed by atoms with Gasteiger partial charge in [0.05, 0.1) is 24.2 Å². The van der Waals surface area contributed by atoms with Gasteiger partial charge < -0.3 is 5.11 Å². The number of H-pyrrole nitrogens is 1. The quantitative estimate of drug-likeness (QED) is 0.870. The van der Waals surface area contributed by atoms with Crippen LogP contribution in [0.3, 0.4) is 0 Å². The Labute approximate surface area is 122 Å². The molecule has 114 valence electrons. The lowest BCUT2D eigenvalue weighted by atomic mass is 9.87. The first-order chi connectivity index (χ1) is 9.78. The van der Waals surface area contributed by atoms with Gasteiger partial charge in [-0.15, -0.1) is 5.10 Å². The number of hydrogen-bond donors (Lipinski definition) is 2. The van der Waals surface area contributed by atoms with Crippen molar-refractivity contribution < 1.29 is 9.90 Å². The van der Waals surface area contributed by atoms with Crippen LogP contribution in [-0.2, 0) is 4.79 Å². The predicted octanol–water partition coefficient (Wildman–Crippen LogP) is 1.82. The van der Waals surface area contributed by atoms with Crippen LogP contribution in [0.5, 0.6) is 0 Å². The van der Waals surface area contributed by atoms with Gasteiger partial charge >= 0.3 is 5.97 Å². The van der Waals surface area contributed by atoms with Crippen LogP contribution in [0.1, 0.15) is 45.3 Å². The zero-order chi connectivity index (χ0) is 15.6. The van der Waals surface area contributed by atoms with Crippen LogP contribution in [-0.4, -0.2) is 41.5 Å². The summed E-state index contributed by atoms with van der Waals surface area (Å²) in [6, 6.07) is -0.304. The number of aliphatic carboxylic acids is 1. The molecule has 1 unspecified atom stereocenters. The Balaban J connectivity index is 2.39. The van der Waals surface area contributed by atoms with Crippen molar-refractivity contribution in [3.05, 3.63) is 11.9 Å². The summed E-state index contributed by atoms with van der Waals surface area (Å²) in [4.78, 5) is 11.2. The van der Waals surface area contributed by atoms with Gasteiger partial charge in [0, 0.05) is 5.69 Å². The van der Waals surface area contributed by atoms with Crippen LogP contribution < -0.4 is 0 Å². The highest BCUT2D eigenvalue weighted by Gasteiger charge is 2.27. The van der Waals surface area contributed by atoms with E-state index in [1.807, 2.05) is 6.92 Å². The molecule has 2 N–H and O–H groups in total. The molecular formula is C13H20N6O2. The summed E-state index contributed by atoms with van der Waals surface area (Å²) in [5.74, 6) is -0.327. The van der Waals surface area contributed by atoms with Gasteiger partial charge in [-0.1, -0.05) is 20.8 Å². The Hall–Kier alpha value is -2.25. The highest BCUT2D eigenvalue weighted by Crippen LogP contribution is 2.32. The maximum atomic E-state index is 11.2. The molecule has 0 bridgehead atoms. The Bertz CT molecular complexity index is 625. The first-order valence-electron chi connectivity index (χ1n) is 6.78. The molecule has 0 fully saturated rings. The summed E-state index contributed by atoms with van der Waals surface area (Å²) in [6.07, 6.45) is 2.28. The molecule has 0 radical (unpaired) electrons. The zero-order valence-corrected chi connectivity index (χ0v) is 12.7. The number of carboxylic acid groups (broad SMARTS) is 1. The molecule has 0 amide bonds. The van der Waals surface area contributed by atoms with Crippen LogP contribution in [0.2, 0.25) is 0 Å². The number of tetrazole rings is 1. The highest BCUT2D eigenvalue weighted by molar-refractivity contribution is 5.67. The second-order valence-electron chi connectivity index (χ2n) is 6.37. The molecule has 8 nitrogen and oxygen atoms in total.